The summed E-state index contributed by atoms with van der Waals surface area (Å²) in [6, 6.07) is 16.5. The summed E-state index contributed by atoms with van der Waals surface area (Å²) in [6.45, 7) is 2.49. The Labute approximate surface area is 172 Å². The SMILES string of the molecule is COc1ccc(C(=O)NNC(=O)CSc2nnc(C)n2Cc2ccccc2)cc1. The minimum absolute atomic E-state index is 0.0931. The molecule has 3 rings (SSSR count). The number of carbonyl (C=O) groups is 2. The van der Waals surface area contributed by atoms with Crippen LogP contribution in [0.2, 0.25) is 0 Å². The van der Waals surface area contributed by atoms with Gasteiger partial charge < -0.3 is 9.30 Å². The van der Waals surface area contributed by atoms with Gasteiger partial charge in [0.2, 0.25) is 5.91 Å². The quantitative estimate of drug-likeness (QED) is 0.457. The molecule has 0 radical (unpaired) electrons. The van der Waals surface area contributed by atoms with Gasteiger partial charge >= 0.3 is 0 Å². The molecule has 0 saturated heterocycles. The first-order valence-electron chi connectivity index (χ1n) is 8.86. The zero-order chi connectivity index (χ0) is 20.6. The lowest BCUT2D eigenvalue weighted by Crippen LogP contribution is -2.42. The van der Waals surface area contributed by atoms with Crippen molar-refractivity contribution in [1.29, 1.82) is 0 Å². The minimum atomic E-state index is -0.408. The van der Waals surface area contributed by atoms with Gasteiger partial charge in [-0.3, -0.25) is 20.4 Å². The standard InChI is InChI=1S/C20H21N5O3S/c1-14-21-24-20(25(14)12-15-6-4-3-5-7-15)29-13-18(26)22-23-19(27)16-8-10-17(28-2)11-9-16/h3-11H,12-13H2,1-2H3,(H,22,26)(H,23,27). The number of nitrogens with zero attached hydrogens (tertiary/aromatic N) is 3. The maximum absolute atomic E-state index is 12.1. The average molecular weight is 411 g/mol. The van der Waals surface area contributed by atoms with Crippen molar-refractivity contribution in [3.8, 4) is 5.75 Å². The number of hydrogen-bond donors (Lipinski definition) is 2. The molecular formula is C20H21N5O3S. The lowest BCUT2D eigenvalue weighted by atomic mass is 10.2. The van der Waals surface area contributed by atoms with Crippen LogP contribution in [-0.4, -0.2) is 39.4 Å². The summed E-state index contributed by atoms with van der Waals surface area (Å²) < 4.78 is 7.00. The number of ether oxygens (including phenoxy) is 1. The van der Waals surface area contributed by atoms with Gasteiger partial charge in [0, 0.05) is 5.56 Å². The van der Waals surface area contributed by atoms with E-state index in [9.17, 15) is 9.59 Å². The van der Waals surface area contributed by atoms with E-state index >= 15 is 0 Å². The summed E-state index contributed by atoms with van der Waals surface area (Å²) in [5.41, 5.74) is 6.34. The fraction of sp³-hybridized carbons (Fsp3) is 0.200. The van der Waals surface area contributed by atoms with Crippen molar-refractivity contribution in [2.24, 2.45) is 0 Å². The van der Waals surface area contributed by atoms with Gasteiger partial charge in [-0.1, -0.05) is 42.1 Å². The van der Waals surface area contributed by atoms with Crippen molar-refractivity contribution in [3.05, 3.63) is 71.5 Å². The lowest BCUT2D eigenvalue weighted by Gasteiger charge is -2.09. The smallest absolute Gasteiger partial charge is 0.269 e. The topological polar surface area (TPSA) is 98.1 Å². The van der Waals surface area contributed by atoms with Crippen LogP contribution in [-0.2, 0) is 11.3 Å². The number of hydrazine groups is 1. The largest absolute Gasteiger partial charge is 0.497 e. The van der Waals surface area contributed by atoms with Crippen molar-refractivity contribution in [3.63, 3.8) is 0 Å². The molecule has 8 nitrogen and oxygen atoms in total. The Balaban J connectivity index is 1.51. The van der Waals surface area contributed by atoms with Crippen LogP contribution in [0.3, 0.4) is 0 Å². The van der Waals surface area contributed by atoms with E-state index in [4.69, 9.17) is 4.74 Å². The molecule has 2 aromatic carbocycles. The summed E-state index contributed by atoms with van der Waals surface area (Å²) in [4.78, 5) is 24.2. The van der Waals surface area contributed by atoms with Crippen LogP contribution < -0.4 is 15.6 Å². The van der Waals surface area contributed by atoms with Gasteiger partial charge in [-0.15, -0.1) is 10.2 Å². The second-order valence-electron chi connectivity index (χ2n) is 6.12. The fourth-order valence-corrected chi connectivity index (χ4v) is 3.31. The van der Waals surface area contributed by atoms with Gasteiger partial charge in [0.1, 0.15) is 11.6 Å². The number of thioether (sulfide) groups is 1. The Kier molecular flexibility index (Phi) is 6.85. The Hall–Kier alpha value is -3.33. The molecule has 29 heavy (non-hydrogen) atoms. The Bertz CT molecular complexity index is 974. The van der Waals surface area contributed by atoms with Gasteiger partial charge in [-0.25, -0.2) is 0 Å². The van der Waals surface area contributed by atoms with E-state index in [1.54, 1.807) is 31.4 Å². The number of carbonyl (C=O) groups excluding carboxylic acids is 2. The molecule has 0 saturated carbocycles. The predicted octanol–water partition coefficient (Wildman–Crippen LogP) is 2.20. The monoisotopic (exact) mass is 411 g/mol. The minimum Gasteiger partial charge on any atom is -0.497 e. The predicted molar refractivity (Wildman–Crippen MR) is 110 cm³/mol. The molecular weight excluding hydrogens is 390 g/mol. The van der Waals surface area contributed by atoms with Crippen LogP contribution >= 0.6 is 11.8 Å². The molecule has 0 aliphatic carbocycles. The third-order valence-electron chi connectivity index (χ3n) is 4.09. The van der Waals surface area contributed by atoms with Crippen LogP contribution in [0.15, 0.2) is 59.8 Å². The molecule has 0 atom stereocenters. The molecule has 1 aromatic heterocycles. The summed E-state index contributed by atoms with van der Waals surface area (Å²) in [6.07, 6.45) is 0. The number of nitrogens with one attached hydrogen (secondary N) is 2. The number of amides is 2. The number of benzene rings is 2. The second-order valence-corrected chi connectivity index (χ2v) is 7.06. The Morgan fingerprint density at radius 3 is 2.45 bits per heavy atom. The summed E-state index contributed by atoms with van der Waals surface area (Å²) in [5, 5.41) is 8.88. The maximum Gasteiger partial charge on any atom is 0.269 e. The van der Waals surface area contributed by atoms with Crippen molar-refractivity contribution < 1.29 is 14.3 Å². The van der Waals surface area contributed by atoms with Gasteiger partial charge in [-0.05, 0) is 36.8 Å². The molecule has 0 spiro atoms. The normalized spacial score (nSPS) is 10.4. The third kappa shape index (κ3) is 5.58. The van der Waals surface area contributed by atoms with E-state index in [0.717, 1.165) is 11.4 Å². The van der Waals surface area contributed by atoms with Crippen LogP contribution in [0.1, 0.15) is 21.7 Å². The van der Waals surface area contributed by atoms with E-state index < -0.39 is 5.91 Å². The van der Waals surface area contributed by atoms with E-state index in [-0.39, 0.29) is 11.7 Å². The van der Waals surface area contributed by atoms with Crippen LogP contribution in [0.25, 0.3) is 0 Å². The van der Waals surface area contributed by atoms with Gasteiger partial charge in [0.05, 0.1) is 19.4 Å². The lowest BCUT2D eigenvalue weighted by molar-refractivity contribution is -0.119. The zero-order valence-electron chi connectivity index (χ0n) is 16.1. The molecule has 2 N–H and O–H groups in total. The van der Waals surface area contributed by atoms with E-state index in [2.05, 4.69) is 21.0 Å². The van der Waals surface area contributed by atoms with Crippen molar-refractivity contribution in [2.45, 2.75) is 18.6 Å². The first kappa shape index (κ1) is 20.4. The summed E-state index contributed by atoms with van der Waals surface area (Å²) in [5.74, 6) is 0.759. The molecule has 0 fully saturated rings. The molecule has 2 amide bonds. The van der Waals surface area contributed by atoms with Crippen LogP contribution in [0.5, 0.6) is 5.75 Å². The van der Waals surface area contributed by atoms with E-state index in [1.165, 1.54) is 11.8 Å². The number of methoxy groups -OCH3 is 1. The molecule has 0 unspecified atom stereocenters. The van der Waals surface area contributed by atoms with Gasteiger partial charge in [0.15, 0.2) is 5.16 Å². The Morgan fingerprint density at radius 1 is 1.03 bits per heavy atom. The highest BCUT2D eigenvalue weighted by molar-refractivity contribution is 7.99. The van der Waals surface area contributed by atoms with Gasteiger partial charge in [0.25, 0.3) is 5.91 Å². The molecule has 9 heteroatoms. The summed E-state index contributed by atoms with van der Waals surface area (Å²) >= 11 is 1.26. The number of rotatable bonds is 7. The Morgan fingerprint density at radius 2 is 1.76 bits per heavy atom. The highest BCUT2D eigenvalue weighted by atomic mass is 32.2. The van der Waals surface area contributed by atoms with Crippen molar-refractivity contribution in [2.75, 3.05) is 12.9 Å². The number of hydrogen-bond acceptors (Lipinski definition) is 6. The zero-order valence-corrected chi connectivity index (χ0v) is 16.9. The molecule has 0 aliphatic rings. The maximum atomic E-state index is 12.1. The van der Waals surface area contributed by atoms with Gasteiger partial charge in [-0.2, -0.15) is 0 Å². The molecule has 0 aliphatic heterocycles. The first-order chi connectivity index (χ1) is 14.1. The highest BCUT2D eigenvalue weighted by Crippen LogP contribution is 2.18. The van der Waals surface area contributed by atoms with Crippen molar-refractivity contribution in [1.82, 2.24) is 25.6 Å². The molecule has 1 heterocycles. The highest BCUT2D eigenvalue weighted by Gasteiger charge is 2.13. The number of aryl methyl sites for hydroxylation is 1. The molecule has 150 valence electrons. The summed E-state index contributed by atoms with van der Waals surface area (Å²) in [7, 11) is 1.55. The first-order valence-corrected chi connectivity index (χ1v) is 9.85. The van der Waals surface area contributed by atoms with Crippen LogP contribution in [0.4, 0.5) is 0 Å². The third-order valence-corrected chi connectivity index (χ3v) is 5.05. The second kappa shape index (κ2) is 9.74. The van der Waals surface area contributed by atoms with Crippen molar-refractivity contribution >= 4 is 23.6 Å². The van der Waals surface area contributed by atoms with E-state index in [0.29, 0.717) is 23.0 Å². The van der Waals surface area contributed by atoms with E-state index in [1.807, 2.05) is 41.8 Å². The fourth-order valence-electron chi connectivity index (χ4n) is 2.52. The number of aromatic nitrogens is 3. The average Bonchev–Trinajstić information content (AvgIpc) is 3.10. The molecule has 3 aromatic rings. The molecule has 0 bridgehead atoms. The van der Waals surface area contributed by atoms with Crippen LogP contribution in [0, 0.1) is 6.92 Å².